The zero-order chi connectivity index (χ0) is 17.2. The van der Waals surface area contributed by atoms with Gasteiger partial charge in [-0.25, -0.2) is 19.2 Å². The first-order valence-corrected chi connectivity index (χ1v) is 6.05. The summed E-state index contributed by atoms with van der Waals surface area (Å²) in [5.74, 6) is -5.83. The average molecular weight is 310 g/mol. The highest BCUT2D eigenvalue weighted by molar-refractivity contribution is 6.09. The molecule has 0 saturated heterocycles. The van der Waals surface area contributed by atoms with Crippen molar-refractivity contribution in [3.63, 3.8) is 0 Å². The van der Waals surface area contributed by atoms with E-state index in [0.29, 0.717) is 12.1 Å². The van der Waals surface area contributed by atoms with Gasteiger partial charge in [0, 0.05) is 0 Å². The lowest BCUT2D eigenvalue weighted by atomic mass is 9.98. The summed E-state index contributed by atoms with van der Waals surface area (Å²) in [7, 11) is 0. The van der Waals surface area contributed by atoms with Crippen molar-refractivity contribution in [1.82, 2.24) is 0 Å². The second kappa shape index (κ2) is 5.84. The van der Waals surface area contributed by atoms with E-state index in [1.54, 1.807) is 20.8 Å². The smallest absolute Gasteiger partial charge is 0.339 e. The summed E-state index contributed by atoms with van der Waals surface area (Å²) in [5, 5.41) is 27.1. The van der Waals surface area contributed by atoms with Crippen molar-refractivity contribution in [3.8, 4) is 0 Å². The van der Waals surface area contributed by atoms with Gasteiger partial charge in [-0.05, 0) is 32.9 Å². The average Bonchev–Trinajstić information content (AvgIpc) is 2.34. The van der Waals surface area contributed by atoms with Crippen LogP contribution in [-0.4, -0.2) is 44.8 Å². The maximum atomic E-state index is 12.0. The quantitative estimate of drug-likeness (QED) is 0.715. The fraction of sp³-hybridized carbons (Fsp3) is 0.286. The van der Waals surface area contributed by atoms with Gasteiger partial charge in [-0.3, -0.25) is 0 Å². The summed E-state index contributed by atoms with van der Waals surface area (Å²) >= 11 is 0. The molecule has 0 aliphatic carbocycles. The van der Waals surface area contributed by atoms with Gasteiger partial charge in [0.1, 0.15) is 5.60 Å². The number of carbonyl (C=O) groups is 4. The van der Waals surface area contributed by atoms with Crippen molar-refractivity contribution in [3.05, 3.63) is 34.4 Å². The van der Waals surface area contributed by atoms with E-state index in [2.05, 4.69) is 0 Å². The maximum Gasteiger partial charge on any atom is 0.339 e. The highest BCUT2D eigenvalue weighted by Crippen LogP contribution is 2.21. The highest BCUT2D eigenvalue weighted by Gasteiger charge is 2.28. The maximum absolute atomic E-state index is 12.0. The second-order valence-electron chi connectivity index (χ2n) is 5.36. The SMILES string of the molecule is CC(C)(C)OC(=O)c1cc(C(=O)O)c(C(=O)O)cc1C(=O)O. The molecule has 3 N–H and O–H groups in total. The fourth-order valence-corrected chi connectivity index (χ4v) is 1.63. The van der Waals surface area contributed by atoms with Crippen molar-refractivity contribution in [2.24, 2.45) is 0 Å². The van der Waals surface area contributed by atoms with Crippen LogP contribution in [0.2, 0.25) is 0 Å². The number of carbonyl (C=O) groups excluding carboxylic acids is 1. The number of benzene rings is 1. The first kappa shape index (κ1) is 17.2. The highest BCUT2D eigenvalue weighted by atomic mass is 16.6. The van der Waals surface area contributed by atoms with Gasteiger partial charge in [-0.2, -0.15) is 0 Å². The summed E-state index contributed by atoms with van der Waals surface area (Å²) in [6.45, 7) is 4.65. The molecular weight excluding hydrogens is 296 g/mol. The van der Waals surface area contributed by atoms with E-state index in [9.17, 15) is 19.2 Å². The van der Waals surface area contributed by atoms with Gasteiger partial charge in [-0.1, -0.05) is 0 Å². The van der Waals surface area contributed by atoms with E-state index in [-0.39, 0.29) is 0 Å². The Kier molecular flexibility index (Phi) is 4.55. The molecule has 1 aromatic carbocycles. The van der Waals surface area contributed by atoms with E-state index in [4.69, 9.17) is 20.1 Å². The Bertz CT molecular complexity index is 666. The standard InChI is InChI=1S/C14H14O8/c1-14(2,3)22-13(21)9-5-7(11(17)18)6(10(15)16)4-8(9)12(19)20/h4-5H,1-3H3,(H,15,16)(H,17,18)(H,19,20). The molecule has 0 aliphatic heterocycles. The van der Waals surface area contributed by atoms with E-state index < -0.39 is 51.7 Å². The van der Waals surface area contributed by atoms with Crippen molar-refractivity contribution in [2.75, 3.05) is 0 Å². The normalized spacial score (nSPS) is 10.9. The van der Waals surface area contributed by atoms with Crippen LogP contribution in [0.1, 0.15) is 62.2 Å². The number of esters is 1. The number of rotatable bonds is 4. The van der Waals surface area contributed by atoms with Gasteiger partial charge in [0.15, 0.2) is 0 Å². The Balaban J connectivity index is 3.59. The Morgan fingerprint density at radius 2 is 1.09 bits per heavy atom. The first-order valence-electron chi connectivity index (χ1n) is 6.05. The molecule has 22 heavy (non-hydrogen) atoms. The van der Waals surface area contributed by atoms with Crippen LogP contribution in [0.25, 0.3) is 0 Å². The third-order valence-electron chi connectivity index (χ3n) is 2.47. The van der Waals surface area contributed by atoms with Gasteiger partial charge in [0.25, 0.3) is 0 Å². The lowest BCUT2D eigenvalue weighted by Gasteiger charge is -2.20. The summed E-state index contributed by atoms with van der Waals surface area (Å²) in [5.41, 5.74) is -3.51. The largest absolute Gasteiger partial charge is 0.478 e. The third-order valence-corrected chi connectivity index (χ3v) is 2.47. The number of aromatic carboxylic acids is 3. The molecule has 1 rings (SSSR count). The molecule has 0 bridgehead atoms. The van der Waals surface area contributed by atoms with E-state index >= 15 is 0 Å². The van der Waals surface area contributed by atoms with Crippen molar-refractivity contribution < 1.29 is 39.2 Å². The summed E-state index contributed by atoms with van der Waals surface area (Å²) in [6, 6.07) is 1.33. The number of carboxylic acid groups (broad SMARTS) is 3. The minimum absolute atomic E-state index is 0.523. The predicted molar refractivity (Wildman–Crippen MR) is 72.5 cm³/mol. The van der Waals surface area contributed by atoms with Gasteiger partial charge >= 0.3 is 23.9 Å². The molecule has 118 valence electrons. The van der Waals surface area contributed by atoms with E-state index in [0.717, 1.165) is 0 Å². The predicted octanol–water partition coefficient (Wildman–Crippen LogP) is 1.74. The first-order chi connectivity index (χ1) is 9.94. The Morgan fingerprint density at radius 3 is 1.41 bits per heavy atom. The molecule has 0 saturated carbocycles. The minimum Gasteiger partial charge on any atom is -0.478 e. The summed E-state index contributed by atoms with van der Waals surface area (Å²) in [4.78, 5) is 45.4. The van der Waals surface area contributed by atoms with Gasteiger partial charge in [-0.15, -0.1) is 0 Å². The van der Waals surface area contributed by atoms with Crippen molar-refractivity contribution in [2.45, 2.75) is 26.4 Å². The monoisotopic (exact) mass is 310 g/mol. The minimum atomic E-state index is -1.62. The van der Waals surface area contributed by atoms with Crippen LogP contribution >= 0.6 is 0 Å². The van der Waals surface area contributed by atoms with Crippen LogP contribution in [0.4, 0.5) is 0 Å². The van der Waals surface area contributed by atoms with Crippen LogP contribution in [0.15, 0.2) is 12.1 Å². The molecule has 0 radical (unpaired) electrons. The molecule has 0 unspecified atom stereocenters. The van der Waals surface area contributed by atoms with E-state index in [1.807, 2.05) is 0 Å². The van der Waals surface area contributed by atoms with Crippen LogP contribution in [-0.2, 0) is 4.74 Å². The molecule has 1 aromatic rings. The zero-order valence-corrected chi connectivity index (χ0v) is 12.0. The number of hydrogen-bond acceptors (Lipinski definition) is 5. The molecule has 0 aliphatic rings. The van der Waals surface area contributed by atoms with Crippen LogP contribution in [0.3, 0.4) is 0 Å². The molecule has 0 spiro atoms. The molecule has 0 atom stereocenters. The van der Waals surface area contributed by atoms with E-state index in [1.165, 1.54) is 0 Å². The Morgan fingerprint density at radius 1 is 0.773 bits per heavy atom. The number of ether oxygens (including phenoxy) is 1. The molecule has 0 aromatic heterocycles. The van der Waals surface area contributed by atoms with Crippen molar-refractivity contribution >= 4 is 23.9 Å². The molecule has 8 nitrogen and oxygen atoms in total. The van der Waals surface area contributed by atoms with Crippen molar-refractivity contribution in [1.29, 1.82) is 0 Å². The van der Waals surface area contributed by atoms with Gasteiger partial charge < -0.3 is 20.1 Å². The summed E-state index contributed by atoms with van der Waals surface area (Å²) in [6.07, 6.45) is 0. The van der Waals surface area contributed by atoms with Crippen LogP contribution in [0, 0.1) is 0 Å². The Labute approximate surface area is 124 Å². The summed E-state index contributed by atoms with van der Waals surface area (Å²) < 4.78 is 5.01. The molecule has 8 heteroatoms. The zero-order valence-electron chi connectivity index (χ0n) is 12.0. The number of carboxylic acids is 3. The molecule has 0 heterocycles. The second-order valence-corrected chi connectivity index (χ2v) is 5.36. The lowest BCUT2D eigenvalue weighted by molar-refractivity contribution is 0.00654. The van der Waals surface area contributed by atoms with Crippen LogP contribution in [0.5, 0.6) is 0 Å². The molecule has 0 fully saturated rings. The topological polar surface area (TPSA) is 138 Å². The number of hydrogen-bond donors (Lipinski definition) is 3. The molecule has 0 amide bonds. The van der Waals surface area contributed by atoms with Gasteiger partial charge in [0.2, 0.25) is 0 Å². The van der Waals surface area contributed by atoms with Gasteiger partial charge in [0.05, 0.1) is 22.3 Å². The lowest BCUT2D eigenvalue weighted by Crippen LogP contribution is -2.26. The third kappa shape index (κ3) is 3.81. The van der Waals surface area contributed by atoms with Crippen LogP contribution < -0.4 is 0 Å². The molecular formula is C14H14O8. The fourth-order valence-electron chi connectivity index (χ4n) is 1.63. The Hall–Kier alpha value is -2.90.